The highest BCUT2D eigenvalue weighted by Gasteiger charge is 2.34. The maximum absolute atomic E-state index is 14.1. The monoisotopic (exact) mass is 585 g/mol. The molecule has 0 radical (unpaired) electrons. The molecule has 0 aliphatic carbocycles. The first kappa shape index (κ1) is 31.0. The van der Waals surface area contributed by atoms with Crippen molar-refractivity contribution in [3.05, 3.63) is 89.4 Å². The topological polar surface area (TPSA) is 96.0 Å². The van der Waals surface area contributed by atoms with Crippen molar-refractivity contribution in [2.24, 2.45) is 0 Å². The Labute approximate surface area is 241 Å². The second kappa shape index (κ2) is 13.2. The third-order valence-electron chi connectivity index (χ3n) is 6.10. The fraction of sp³-hybridized carbons (Fsp3) is 0.333. The van der Waals surface area contributed by atoms with Gasteiger partial charge in [-0.3, -0.25) is 13.9 Å². The Bertz CT molecular complexity index is 1410. The largest absolute Gasteiger partial charge is 0.497 e. The van der Waals surface area contributed by atoms with Crippen molar-refractivity contribution in [3.63, 3.8) is 0 Å². The molecule has 8 nitrogen and oxygen atoms in total. The van der Waals surface area contributed by atoms with Crippen molar-refractivity contribution in [2.75, 3.05) is 18.0 Å². The van der Waals surface area contributed by atoms with Crippen LogP contribution in [0.3, 0.4) is 0 Å². The van der Waals surface area contributed by atoms with Gasteiger partial charge in [0, 0.05) is 17.1 Å². The zero-order valence-electron chi connectivity index (χ0n) is 23.4. The van der Waals surface area contributed by atoms with Crippen LogP contribution in [0.15, 0.2) is 83.8 Å². The third kappa shape index (κ3) is 7.99. The van der Waals surface area contributed by atoms with Gasteiger partial charge in [0.25, 0.3) is 10.0 Å². The molecule has 40 heavy (non-hydrogen) atoms. The van der Waals surface area contributed by atoms with Crippen molar-refractivity contribution in [2.45, 2.75) is 57.1 Å². The lowest BCUT2D eigenvalue weighted by Gasteiger charge is -2.34. The number of methoxy groups -OCH3 is 1. The molecule has 0 aliphatic rings. The number of hydrogen-bond donors (Lipinski definition) is 1. The van der Waals surface area contributed by atoms with E-state index in [9.17, 15) is 18.0 Å². The van der Waals surface area contributed by atoms with Crippen LogP contribution in [0.2, 0.25) is 5.02 Å². The van der Waals surface area contributed by atoms with Gasteiger partial charge in [-0.1, -0.05) is 54.9 Å². The third-order valence-corrected chi connectivity index (χ3v) is 8.13. The number of nitrogens with one attached hydrogen (secondary N) is 1. The first-order chi connectivity index (χ1) is 18.9. The zero-order valence-corrected chi connectivity index (χ0v) is 25.0. The maximum Gasteiger partial charge on any atom is 0.264 e. The summed E-state index contributed by atoms with van der Waals surface area (Å²) in [6.07, 6.45) is 0.326. The Morgan fingerprint density at radius 3 is 2.17 bits per heavy atom. The zero-order chi connectivity index (χ0) is 29.5. The molecule has 0 saturated heterocycles. The highest BCUT2D eigenvalue weighted by Crippen LogP contribution is 2.27. The number of amides is 2. The number of nitrogens with zero attached hydrogens (tertiary/aromatic N) is 2. The molecule has 0 aliphatic heterocycles. The van der Waals surface area contributed by atoms with E-state index in [2.05, 4.69) is 5.32 Å². The molecular weight excluding hydrogens is 550 g/mol. The summed E-state index contributed by atoms with van der Waals surface area (Å²) in [5.41, 5.74) is 0.473. The first-order valence-corrected chi connectivity index (χ1v) is 14.8. The van der Waals surface area contributed by atoms with Gasteiger partial charge < -0.3 is 15.0 Å². The minimum absolute atomic E-state index is 0.0296. The molecule has 0 heterocycles. The van der Waals surface area contributed by atoms with Crippen LogP contribution in [0.5, 0.6) is 5.75 Å². The minimum Gasteiger partial charge on any atom is -0.497 e. The SMILES string of the molecule is CCC(C(=O)NC(C)(C)C)N(Cc1ccc(OC)cc1)C(=O)CN(c1cccc(Cl)c1)S(=O)(=O)c1ccccc1. The summed E-state index contributed by atoms with van der Waals surface area (Å²) in [6, 6.07) is 20.5. The van der Waals surface area contributed by atoms with E-state index in [1.165, 1.54) is 23.1 Å². The molecule has 0 aromatic heterocycles. The standard InChI is InChI=1S/C30H36ClN3O5S/c1-6-27(29(36)32-30(2,3)4)33(20-22-15-17-25(39-5)18-16-22)28(35)21-34(24-12-10-11-23(31)19-24)40(37,38)26-13-8-7-9-14-26/h7-19,27H,6,20-21H2,1-5H3,(H,32,36). The van der Waals surface area contributed by atoms with E-state index in [0.717, 1.165) is 9.87 Å². The Hall–Kier alpha value is -3.56. The van der Waals surface area contributed by atoms with Gasteiger partial charge in [-0.25, -0.2) is 8.42 Å². The number of halogens is 1. The summed E-state index contributed by atoms with van der Waals surface area (Å²) in [4.78, 5) is 28.9. The predicted molar refractivity (Wildman–Crippen MR) is 158 cm³/mol. The van der Waals surface area contributed by atoms with Crippen LogP contribution < -0.4 is 14.4 Å². The second-order valence-electron chi connectivity index (χ2n) is 10.3. The molecule has 2 amide bonds. The van der Waals surface area contributed by atoms with Gasteiger partial charge in [0.2, 0.25) is 11.8 Å². The normalized spacial score (nSPS) is 12.3. The van der Waals surface area contributed by atoms with E-state index in [1.807, 2.05) is 39.8 Å². The van der Waals surface area contributed by atoms with Crippen molar-refractivity contribution >= 4 is 39.1 Å². The molecule has 0 saturated carbocycles. The molecule has 3 aromatic rings. The summed E-state index contributed by atoms with van der Waals surface area (Å²) >= 11 is 6.21. The number of benzene rings is 3. The number of ether oxygens (including phenoxy) is 1. The fourth-order valence-corrected chi connectivity index (χ4v) is 5.79. The van der Waals surface area contributed by atoms with Crippen molar-refractivity contribution in [1.82, 2.24) is 10.2 Å². The molecule has 1 N–H and O–H groups in total. The van der Waals surface area contributed by atoms with Crippen molar-refractivity contribution < 1.29 is 22.7 Å². The summed E-state index contributed by atoms with van der Waals surface area (Å²) < 4.78 is 33.9. The number of sulfonamides is 1. The van der Waals surface area contributed by atoms with Gasteiger partial charge in [0.15, 0.2) is 0 Å². The molecule has 3 aromatic carbocycles. The highest BCUT2D eigenvalue weighted by atomic mass is 35.5. The van der Waals surface area contributed by atoms with Gasteiger partial charge in [0.1, 0.15) is 18.3 Å². The minimum atomic E-state index is -4.15. The Morgan fingerprint density at radius 1 is 0.975 bits per heavy atom. The van der Waals surface area contributed by atoms with E-state index in [1.54, 1.807) is 55.6 Å². The molecular formula is C30H36ClN3O5S. The summed E-state index contributed by atoms with van der Waals surface area (Å²) in [7, 11) is -2.59. The van der Waals surface area contributed by atoms with Gasteiger partial charge in [-0.15, -0.1) is 0 Å². The molecule has 0 fully saturated rings. The van der Waals surface area contributed by atoms with E-state index < -0.39 is 34.1 Å². The smallest absolute Gasteiger partial charge is 0.264 e. The number of anilines is 1. The summed E-state index contributed by atoms with van der Waals surface area (Å²) in [5, 5.41) is 3.28. The number of carbonyl (C=O) groups is 2. The van der Waals surface area contributed by atoms with Crippen LogP contribution in [0.1, 0.15) is 39.7 Å². The molecule has 0 bridgehead atoms. The molecule has 214 valence electrons. The van der Waals surface area contributed by atoms with Crippen LogP contribution in [0, 0.1) is 0 Å². The Kier molecular flexibility index (Phi) is 10.2. The average molecular weight is 586 g/mol. The van der Waals surface area contributed by atoms with Crippen molar-refractivity contribution in [1.29, 1.82) is 0 Å². The molecule has 10 heteroatoms. The highest BCUT2D eigenvalue weighted by molar-refractivity contribution is 7.92. The van der Waals surface area contributed by atoms with Gasteiger partial charge in [-0.2, -0.15) is 0 Å². The average Bonchev–Trinajstić information content (AvgIpc) is 2.91. The summed E-state index contributed by atoms with van der Waals surface area (Å²) in [5.74, 6) is -0.205. The number of carbonyl (C=O) groups excluding carboxylic acids is 2. The predicted octanol–water partition coefficient (Wildman–Crippen LogP) is 5.27. The summed E-state index contributed by atoms with van der Waals surface area (Å²) in [6.45, 7) is 6.96. The van der Waals surface area contributed by atoms with Crippen LogP contribution >= 0.6 is 11.6 Å². The first-order valence-electron chi connectivity index (χ1n) is 12.9. The lowest BCUT2D eigenvalue weighted by atomic mass is 10.1. The fourth-order valence-electron chi connectivity index (χ4n) is 4.18. The number of rotatable bonds is 11. The van der Waals surface area contributed by atoms with E-state index in [4.69, 9.17) is 16.3 Å². The molecule has 0 spiro atoms. The lowest BCUT2D eigenvalue weighted by Crippen LogP contribution is -2.55. The van der Waals surface area contributed by atoms with Gasteiger partial charge >= 0.3 is 0 Å². The number of hydrogen-bond acceptors (Lipinski definition) is 5. The van der Waals surface area contributed by atoms with Crippen LogP contribution in [-0.4, -0.2) is 50.4 Å². The van der Waals surface area contributed by atoms with E-state index >= 15 is 0 Å². The Balaban J connectivity index is 2.06. The maximum atomic E-state index is 14.1. The second-order valence-corrected chi connectivity index (χ2v) is 12.6. The van der Waals surface area contributed by atoms with E-state index in [-0.39, 0.29) is 23.0 Å². The van der Waals surface area contributed by atoms with E-state index in [0.29, 0.717) is 17.2 Å². The quantitative estimate of drug-likeness (QED) is 0.331. The van der Waals surface area contributed by atoms with Crippen LogP contribution in [-0.2, 0) is 26.2 Å². The Morgan fingerprint density at radius 2 is 1.62 bits per heavy atom. The van der Waals surface area contributed by atoms with Crippen LogP contribution in [0.4, 0.5) is 5.69 Å². The molecule has 1 atom stereocenters. The molecule has 1 unspecified atom stereocenters. The molecule has 3 rings (SSSR count). The van der Waals surface area contributed by atoms with Gasteiger partial charge in [-0.05, 0) is 75.2 Å². The van der Waals surface area contributed by atoms with Crippen LogP contribution in [0.25, 0.3) is 0 Å². The van der Waals surface area contributed by atoms with Gasteiger partial charge in [0.05, 0.1) is 17.7 Å². The lowest BCUT2D eigenvalue weighted by molar-refractivity contribution is -0.141. The van der Waals surface area contributed by atoms with Crippen molar-refractivity contribution in [3.8, 4) is 5.75 Å².